The summed E-state index contributed by atoms with van der Waals surface area (Å²) in [6, 6.07) is 9.38. The summed E-state index contributed by atoms with van der Waals surface area (Å²) >= 11 is 0. The summed E-state index contributed by atoms with van der Waals surface area (Å²) in [5.41, 5.74) is 3.09. The Hall–Kier alpha value is -0.820. The van der Waals surface area contributed by atoms with Crippen molar-refractivity contribution in [1.29, 1.82) is 0 Å². The van der Waals surface area contributed by atoms with Gasteiger partial charge in [0.1, 0.15) is 0 Å². The highest BCUT2D eigenvalue weighted by atomic mass is 14.8. The first kappa shape index (κ1) is 16.5. The molecule has 1 heteroatoms. The summed E-state index contributed by atoms with van der Waals surface area (Å²) in [4.78, 5) is 0. The fourth-order valence-corrected chi connectivity index (χ4v) is 4.02. The first-order chi connectivity index (χ1) is 10.3. The molecule has 0 radical (unpaired) electrons. The molecule has 1 N–H and O–H groups in total. The second-order valence-electron chi connectivity index (χ2n) is 6.74. The van der Waals surface area contributed by atoms with Crippen LogP contribution in [0.3, 0.4) is 0 Å². The van der Waals surface area contributed by atoms with E-state index in [1.165, 1.54) is 44.2 Å². The summed E-state index contributed by atoms with van der Waals surface area (Å²) in [5.74, 6) is 2.54. The minimum Gasteiger partial charge on any atom is -0.317 e. The van der Waals surface area contributed by atoms with Crippen molar-refractivity contribution < 1.29 is 0 Å². The van der Waals surface area contributed by atoms with Crippen molar-refractivity contribution in [2.24, 2.45) is 11.8 Å². The van der Waals surface area contributed by atoms with Crippen molar-refractivity contribution in [3.8, 4) is 0 Å². The van der Waals surface area contributed by atoms with E-state index >= 15 is 0 Å². The largest absolute Gasteiger partial charge is 0.317 e. The molecule has 0 heterocycles. The maximum atomic E-state index is 3.59. The van der Waals surface area contributed by atoms with Crippen molar-refractivity contribution in [1.82, 2.24) is 5.32 Å². The predicted octanol–water partition coefficient (Wildman–Crippen LogP) is 5.16. The van der Waals surface area contributed by atoms with E-state index in [9.17, 15) is 0 Å². The summed E-state index contributed by atoms with van der Waals surface area (Å²) in [7, 11) is 0. The van der Waals surface area contributed by atoms with Crippen LogP contribution in [0.15, 0.2) is 24.3 Å². The number of aryl methyl sites for hydroxylation is 1. The van der Waals surface area contributed by atoms with Crippen LogP contribution in [-0.2, 0) is 6.42 Å². The zero-order valence-electron chi connectivity index (χ0n) is 14.2. The van der Waals surface area contributed by atoms with Gasteiger partial charge in [0.25, 0.3) is 0 Å². The maximum absolute atomic E-state index is 3.59. The Balaban J connectivity index is 2.14. The van der Waals surface area contributed by atoms with Crippen LogP contribution in [0, 0.1) is 11.8 Å². The van der Waals surface area contributed by atoms with Crippen LogP contribution in [-0.4, -0.2) is 13.1 Å². The van der Waals surface area contributed by atoms with Crippen molar-refractivity contribution in [3.05, 3.63) is 35.4 Å². The molecule has 2 rings (SSSR count). The van der Waals surface area contributed by atoms with E-state index in [-0.39, 0.29) is 0 Å². The van der Waals surface area contributed by atoms with Crippen molar-refractivity contribution >= 4 is 0 Å². The molecule has 1 aromatic rings. The summed E-state index contributed by atoms with van der Waals surface area (Å²) < 4.78 is 0. The van der Waals surface area contributed by atoms with Crippen LogP contribution < -0.4 is 5.32 Å². The van der Waals surface area contributed by atoms with Crippen LogP contribution in [0.5, 0.6) is 0 Å². The van der Waals surface area contributed by atoms with Crippen molar-refractivity contribution in [2.75, 3.05) is 13.1 Å². The van der Waals surface area contributed by atoms with Crippen LogP contribution in [0.25, 0.3) is 0 Å². The zero-order valence-corrected chi connectivity index (χ0v) is 14.2. The van der Waals surface area contributed by atoms with Crippen LogP contribution >= 0.6 is 0 Å². The van der Waals surface area contributed by atoms with Gasteiger partial charge in [-0.1, -0.05) is 64.3 Å². The Bertz CT molecular complexity index is 412. The topological polar surface area (TPSA) is 12.0 Å². The molecule has 0 spiro atoms. The first-order valence-corrected chi connectivity index (χ1v) is 9.07. The van der Waals surface area contributed by atoms with Crippen molar-refractivity contribution in [3.63, 3.8) is 0 Å². The van der Waals surface area contributed by atoms with Gasteiger partial charge in [0.2, 0.25) is 0 Å². The number of hydrogen-bond donors (Lipinski definition) is 1. The van der Waals surface area contributed by atoms with Crippen LogP contribution in [0.2, 0.25) is 0 Å². The van der Waals surface area contributed by atoms with Gasteiger partial charge in [-0.2, -0.15) is 0 Å². The lowest BCUT2D eigenvalue weighted by Gasteiger charge is -2.37. The minimum absolute atomic E-state index is 0.765. The molecule has 0 amide bonds. The molecule has 1 saturated carbocycles. The SMILES string of the molecule is CCCC1CCC(CNCC)C(c2cccc(CC)c2)C1. The van der Waals surface area contributed by atoms with E-state index in [0.717, 1.165) is 30.7 Å². The fourth-order valence-electron chi connectivity index (χ4n) is 4.02. The van der Waals surface area contributed by atoms with E-state index in [2.05, 4.69) is 50.4 Å². The highest BCUT2D eigenvalue weighted by molar-refractivity contribution is 5.27. The Morgan fingerprint density at radius 2 is 2.00 bits per heavy atom. The number of nitrogens with one attached hydrogen (secondary N) is 1. The predicted molar refractivity (Wildman–Crippen MR) is 92.8 cm³/mol. The quantitative estimate of drug-likeness (QED) is 0.730. The van der Waals surface area contributed by atoms with Gasteiger partial charge in [0.15, 0.2) is 0 Å². The number of rotatable bonds is 7. The molecule has 1 nitrogen and oxygen atoms in total. The molecular formula is C20H33N. The molecule has 0 aliphatic heterocycles. The lowest BCUT2D eigenvalue weighted by atomic mass is 9.70. The lowest BCUT2D eigenvalue weighted by Crippen LogP contribution is -2.32. The number of hydrogen-bond acceptors (Lipinski definition) is 1. The molecule has 1 aliphatic rings. The van der Waals surface area contributed by atoms with E-state index < -0.39 is 0 Å². The monoisotopic (exact) mass is 287 g/mol. The molecule has 1 fully saturated rings. The van der Waals surface area contributed by atoms with E-state index in [0.29, 0.717) is 0 Å². The second-order valence-corrected chi connectivity index (χ2v) is 6.74. The van der Waals surface area contributed by atoms with Gasteiger partial charge >= 0.3 is 0 Å². The Morgan fingerprint density at radius 3 is 2.71 bits per heavy atom. The highest BCUT2D eigenvalue weighted by Gasteiger charge is 2.30. The van der Waals surface area contributed by atoms with E-state index in [4.69, 9.17) is 0 Å². The van der Waals surface area contributed by atoms with Gasteiger partial charge in [-0.05, 0) is 61.2 Å². The average molecular weight is 287 g/mol. The van der Waals surface area contributed by atoms with E-state index in [1.807, 2.05) is 0 Å². The van der Waals surface area contributed by atoms with Gasteiger partial charge in [0.05, 0.1) is 0 Å². The number of benzene rings is 1. The molecular weight excluding hydrogens is 254 g/mol. The Kier molecular flexibility index (Phi) is 6.76. The fraction of sp³-hybridized carbons (Fsp3) is 0.700. The molecule has 0 aromatic heterocycles. The molecule has 21 heavy (non-hydrogen) atoms. The Labute approximate surface area is 131 Å². The van der Waals surface area contributed by atoms with Gasteiger partial charge in [0, 0.05) is 0 Å². The average Bonchev–Trinajstić information content (AvgIpc) is 2.54. The third-order valence-electron chi connectivity index (χ3n) is 5.24. The smallest absolute Gasteiger partial charge is 0.00148 e. The van der Waals surface area contributed by atoms with Crippen LogP contribution in [0.4, 0.5) is 0 Å². The van der Waals surface area contributed by atoms with Gasteiger partial charge in [-0.15, -0.1) is 0 Å². The maximum Gasteiger partial charge on any atom is -0.00148 e. The summed E-state index contributed by atoms with van der Waals surface area (Å²) in [6.07, 6.45) is 8.14. The standard InChI is InChI=1S/C20H33N/c1-4-8-17-11-12-19(15-21-6-3)20(14-17)18-10-7-9-16(5-2)13-18/h7,9-10,13,17,19-21H,4-6,8,11-12,14-15H2,1-3H3. The molecule has 1 aliphatic carbocycles. The highest BCUT2D eigenvalue weighted by Crippen LogP contribution is 2.42. The van der Waals surface area contributed by atoms with E-state index in [1.54, 1.807) is 5.56 Å². The van der Waals surface area contributed by atoms with Gasteiger partial charge in [-0.25, -0.2) is 0 Å². The minimum atomic E-state index is 0.765. The first-order valence-electron chi connectivity index (χ1n) is 9.07. The molecule has 0 saturated heterocycles. The summed E-state index contributed by atoms with van der Waals surface area (Å²) in [5, 5.41) is 3.59. The summed E-state index contributed by atoms with van der Waals surface area (Å²) in [6.45, 7) is 9.09. The molecule has 0 bridgehead atoms. The normalized spacial score (nSPS) is 26.0. The molecule has 3 unspecified atom stereocenters. The second kappa shape index (κ2) is 8.58. The molecule has 1 aromatic carbocycles. The third kappa shape index (κ3) is 4.57. The zero-order chi connectivity index (χ0) is 15.1. The lowest BCUT2D eigenvalue weighted by molar-refractivity contribution is 0.221. The molecule has 118 valence electrons. The van der Waals surface area contributed by atoms with Gasteiger partial charge < -0.3 is 5.32 Å². The third-order valence-corrected chi connectivity index (χ3v) is 5.24. The Morgan fingerprint density at radius 1 is 1.14 bits per heavy atom. The van der Waals surface area contributed by atoms with Crippen molar-refractivity contribution in [2.45, 2.75) is 65.2 Å². The van der Waals surface area contributed by atoms with Gasteiger partial charge in [-0.3, -0.25) is 0 Å². The van der Waals surface area contributed by atoms with Crippen LogP contribution in [0.1, 0.15) is 69.9 Å². The molecule has 3 atom stereocenters.